The summed E-state index contributed by atoms with van der Waals surface area (Å²) >= 11 is 0. The van der Waals surface area contributed by atoms with Gasteiger partial charge in [0.1, 0.15) is 0 Å². The van der Waals surface area contributed by atoms with Crippen LogP contribution in [0.2, 0.25) is 0 Å². The molecular weight excluding hydrogens is 138 g/mol. The predicted molar refractivity (Wildman–Crippen MR) is 44.8 cm³/mol. The van der Waals surface area contributed by atoms with Crippen molar-refractivity contribution in [3.63, 3.8) is 0 Å². The van der Waals surface area contributed by atoms with Crippen LogP contribution in [0.15, 0.2) is 24.7 Å². The van der Waals surface area contributed by atoms with Crippen LogP contribution in [-0.2, 0) is 0 Å². The quantitative estimate of drug-likeness (QED) is 0.628. The Morgan fingerprint density at radius 3 is 2.45 bits per heavy atom. The topological polar surface area (TPSA) is 29.0 Å². The second-order valence-corrected chi connectivity index (χ2v) is 2.39. The molecule has 0 bridgehead atoms. The van der Waals surface area contributed by atoms with Crippen LogP contribution in [0, 0.1) is 0 Å². The first-order chi connectivity index (χ1) is 5.29. The highest BCUT2D eigenvalue weighted by atomic mass is 15.0. The summed E-state index contributed by atoms with van der Waals surface area (Å²) < 4.78 is 0. The molecule has 0 atom stereocenters. The minimum atomic E-state index is 0.737. The van der Waals surface area contributed by atoms with Crippen LogP contribution in [-0.4, -0.2) is 29.0 Å². The van der Waals surface area contributed by atoms with Crippen molar-refractivity contribution in [2.45, 2.75) is 0 Å². The molecule has 0 aliphatic rings. The number of aromatic nitrogens is 2. The molecule has 1 heterocycles. The van der Waals surface area contributed by atoms with Crippen molar-refractivity contribution < 1.29 is 0 Å². The van der Waals surface area contributed by atoms with Gasteiger partial charge in [-0.3, -0.25) is 0 Å². The van der Waals surface area contributed by atoms with E-state index >= 15 is 0 Å². The molecule has 1 rings (SSSR count). The molecule has 0 aliphatic carbocycles. The smallest absolute Gasteiger partial charge is 0.153 e. The van der Waals surface area contributed by atoms with Crippen molar-refractivity contribution in [1.82, 2.24) is 14.9 Å². The Kier molecular flexibility index (Phi) is 2.60. The van der Waals surface area contributed by atoms with Gasteiger partial charge < -0.3 is 4.90 Å². The summed E-state index contributed by atoms with van der Waals surface area (Å²) in [7, 11) is 3.92. The normalized spacial score (nSPS) is 10.4. The van der Waals surface area contributed by atoms with Gasteiger partial charge in [0.15, 0.2) is 5.82 Å². The molecule has 0 saturated heterocycles. The van der Waals surface area contributed by atoms with Gasteiger partial charge in [0.05, 0.1) is 0 Å². The van der Waals surface area contributed by atoms with Gasteiger partial charge in [-0.1, -0.05) is 0 Å². The van der Waals surface area contributed by atoms with Gasteiger partial charge in [0.25, 0.3) is 0 Å². The molecule has 0 unspecified atom stereocenters. The largest absolute Gasteiger partial charge is 0.383 e. The summed E-state index contributed by atoms with van der Waals surface area (Å²) in [6.45, 7) is 0. The van der Waals surface area contributed by atoms with Crippen molar-refractivity contribution in [2.24, 2.45) is 0 Å². The number of hydrogen-bond acceptors (Lipinski definition) is 3. The van der Waals surface area contributed by atoms with Crippen LogP contribution in [0.25, 0.3) is 6.08 Å². The Hall–Kier alpha value is -1.38. The number of nitrogens with zero attached hydrogens (tertiary/aromatic N) is 3. The minimum absolute atomic E-state index is 0.737. The van der Waals surface area contributed by atoms with Gasteiger partial charge in [0, 0.05) is 32.7 Å². The molecule has 58 valence electrons. The minimum Gasteiger partial charge on any atom is -0.383 e. The van der Waals surface area contributed by atoms with E-state index in [1.807, 2.05) is 31.3 Å². The maximum atomic E-state index is 4.03. The van der Waals surface area contributed by atoms with Crippen molar-refractivity contribution in [2.75, 3.05) is 14.1 Å². The Bertz CT molecular complexity index is 228. The lowest BCUT2D eigenvalue weighted by molar-refractivity contribution is 0.567. The van der Waals surface area contributed by atoms with E-state index in [1.165, 1.54) is 0 Å². The van der Waals surface area contributed by atoms with Gasteiger partial charge in [0.2, 0.25) is 0 Å². The lowest BCUT2D eigenvalue weighted by atomic mass is 10.5. The highest BCUT2D eigenvalue weighted by molar-refractivity contribution is 5.37. The van der Waals surface area contributed by atoms with Gasteiger partial charge in [-0.25, -0.2) is 9.97 Å². The Morgan fingerprint density at radius 1 is 1.27 bits per heavy atom. The monoisotopic (exact) mass is 149 g/mol. The number of rotatable bonds is 2. The van der Waals surface area contributed by atoms with Crippen molar-refractivity contribution in [3.8, 4) is 0 Å². The second kappa shape index (κ2) is 3.71. The maximum Gasteiger partial charge on any atom is 0.153 e. The summed E-state index contributed by atoms with van der Waals surface area (Å²) in [5.41, 5.74) is 0. The SMILES string of the molecule is CN(C)C=Cc1ncccn1. The molecule has 3 nitrogen and oxygen atoms in total. The summed E-state index contributed by atoms with van der Waals surface area (Å²) in [5, 5.41) is 0. The lowest BCUT2D eigenvalue weighted by Gasteiger charge is -2.01. The standard InChI is InChI=1S/C8H11N3/c1-11(2)7-4-8-9-5-3-6-10-8/h3-7H,1-2H3. The average molecular weight is 149 g/mol. The Balaban J connectivity index is 2.65. The first-order valence-electron chi connectivity index (χ1n) is 3.40. The van der Waals surface area contributed by atoms with Gasteiger partial charge in [-0.2, -0.15) is 0 Å². The summed E-state index contributed by atoms with van der Waals surface area (Å²) in [6, 6.07) is 1.80. The van der Waals surface area contributed by atoms with E-state index in [1.54, 1.807) is 18.5 Å². The molecule has 1 aromatic heterocycles. The van der Waals surface area contributed by atoms with E-state index < -0.39 is 0 Å². The molecule has 0 N–H and O–H groups in total. The lowest BCUT2D eigenvalue weighted by Crippen LogP contribution is -2.00. The average Bonchev–Trinajstić information content (AvgIpc) is 2.03. The fraction of sp³-hybridized carbons (Fsp3) is 0.250. The van der Waals surface area contributed by atoms with Gasteiger partial charge in [-0.15, -0.1) is 0 Å². The third-order valence-corrected chi connectivity index (χ3v) is 1.11. The highest BCUT2D eigenvalue weighted by Gasteiger charge is 1.84. The van der Waals surface area contributed by atoms with Gasteiger partial charge in [-0.05, 0) is 12.1 Å². The van der Waals surface area contributed by atoms with Crippen LogP contribution >= 0.6 is 0 Å². The van der Waals surface area contributed by atoms with Gasteiger partial charge >= 0.3 is 0 Å². The van der Waals surface area contributed by atoms with E-state index in [0.29, 0.717) is 0 Å². The van der Waals surface area contributed by atoms with Crippen LogP contribution in [0.5, 0.6) is 0 Å². The Labute approximate surface area is 66.4 Å². The zero-order valence-corrected chi connectivity index (χ0v) is 6.73. The molecule has 0 radical (unpaired) electrons. The Morgan fingerprint density at radius 2 is 1.91 bits per heavy atom. The summed E-state index contributed by atoms with van der Waals surface area (Å²) in [4.78, 5) is 9.99. The number of hydrogen-bond donors (Lipinski definition) is 0. The first kappa shape index (κ1) is 7.72. The van der Waals surface area contributed by atoms with Crippen molar-refractivity contribution in [3.05, 3.63) is 30.5 Å². The zero-order chi connectivity index (χ0) is 8.10. The predicted octanol–water partition coefficient (Wildman–Crippen LogP) is 1.01. The first-order valence-corrected chi connectivity index (χ1v) is 3.40. The van der Waals surface area contributed by atoms with Crippen LogP contribution in [0.3, 0.4) is 0 Å². The van der Waals surface area contributed by atoms with E-state index in [0.717, 1.165) is 5.82 Å². The molecular formula is C8H11N3. The molecule has 0 aromatic carbocycles. The molecule has 0 amide bonds. The molecule has 0 spiro atoms. The second-order valence-electron chi connectivity index (χ2n) is 2.39. The summed E-state index contributed by atoms with van der Waals surface area (Å²) in [6.07, 6.45) is 7.22. The molecule has 0 aliphatic heterocycles. The van der Waals surface area contributed by atoms with Crippen LogP contribution < -0.4 is 0 Å². The fourth-order valence-electron chi connectivity index (χ4n) is 0.612. The third-order valence-electron chi connectivity index (χ3n) is 1.11. The molecule has 1 aromatic rings. The molecule has 11 heavy (non-hydrogen) atoms. The van der Waals surface area contributed by atoms with E-state index in [2.05, 4.69) is 9.97 Å². The van der Waals surface area contributed by atoms with Crippen LogP contribution in [0.4, 0.5) is 0 Å². The highest BCUT2D eigenvalue weighted by Crippen LogP contribution is 1.91. The zero-order valence-electron chi connectivity index (χ0n) is 6.73. The summed E-state index contributed by atoms with van der Waals surface area (Å²) in [5.74, 6) is 0.737. The molecule has 0 saturated carbocycles. The van der Waals surface area contributed by atoms with E-state index in [4.69, 9.17) is 0 Å². The fourth-order valence-corrected chi connectivity index (χ4v) is 0.612. The van der Waals surface area contributed by atoms with E-state index in [9.17, 15) is 0 Å². The third kappa shape index (κ3) is 2.80. The van der Waals surface area contributed by atoms with Crippen LogP contribution in [0.1, 0.15) is 5.82 Å². The van der Waals surface area contributed by atoms with E-state index in [-0.39, 0.29) is 0 Å². The molecule has 3 heteroatoms. The van der Waals surface area contributed by atoms with Crippen molar-refractivity contribution >= 4 is 6.08 Å². The maximum absolute atomic E-state index is 4.03. The van der Waals surface area contributed by atoms with Crippen molar-refractivity contribution in [1.29, 1.82) is 0 Å². The molecule has 0 fully saturated rings.